The van der Waals surface area contributed by atoms with Crippen LogP contribution in [-0.4, -0.2) is 44.1 Å². The summed E-state index contributed by atoms with van der Waals surface area (Å²) >= 11 is 0. The largest absolute Gasteiger partial charge is 0.395 e. The first-order chi connectivity index (χ1) is 6.90. The Kier molecular flexibility index (Phi) is 4.11. The molecule has 0 bridgehead atoms. The maximum Gasteiger partial charge on any atom is 0.216 e. The fraction of sp³-hybridized carbons (Fsp3) is 1.00. The summed E-state index contributed by atoms with van der Waals surface area (Å²) in [6, 6.07) is 0. The lowest BCUT2D eigenvalue weighted by atomic mass is 9.94. The van der Waals surface area contributed by atoms with E-state index in [0.29, 0.717) is 26.1 Å². The second-order valence-corrected chi connectivity index (χ2v) is 6.41. The first kappa shape index (κ1) is 12.9. The molecule has 1 atom stereocenters. The van der Waals surface area contributed by atoms with E-state index in [1.807, 2.05) is 6.92 Å². The fourth-order valence-electron chi connectivity index (χ4n) is 1.47. The Hall–Kier alpha value is -0.170. The molecule has 5 nitrogen and oxygen atoms in total. The highest BCUT2D eigenvalue weighted by atomic mass is 32.2. The molecule has 1 heterocycles. The van der Waals surface area contributed by atoms with Crippen molar-refractivity contribution in [3.8, 4) is 0 Å². The number of ether oxygens (including phenoxy) is 1. The van der Waals surface area contributed by atoms with Gasteiger partial charge < -0.3 is 9.84 Å². The fourth-order valence-corrected chi connectivity index (χ4v) is 2.75. The molecule has 0 aromatic heterocycles. The van der Waals surface area contributed by atoms with E-state index in [9.17, 15) is 8.42 Å². The molecule has 1 rings (SSSR count). The van der Waals surface area contributed by atoms with Crippen LogP contribution in [0.5, 0.6) is 0 Å². The van der Waals surface area contributed by atoms with Gasteiger partial charge in [-0.3, -0.25) is 0 Å². The highest BCUT2D eigenvalue weighted by Gasteiger charge is 2.33. The summed E-state index contributed by atoms with van der Waals surface area (Å²) < 4.78 is 31.3. The van der Waals surface area contributed by atoms with Gasteiger partial charge in [0.15, 0.2) is 0 Å². The lowest BCUT2D eigenvalue weighted by Crippen LogP contribution is -2.52. The van der Waals surface area contributed by atoms with Crippen LogP contribution in [0, 0.1) is 0 Å². The van der Waals surface area contributed by atoms with Crippen molar-refractivity contribution in [3.63, 3.8) is 0 Å². The van der Waals surface area contributed by atoms with E-state index in [-0.39, 0.29) is 6.61 Å². The Morgan fingerprint density at radius 3 is 2.47 bits per heavy atom. The predicted molar refractivity (Wildman–Crippen MR) is 57.1 cm³/mol. The van der Waals surface area contributed by atoms with Gasteiger partial charge in [-0.25, -0.2) is 13.1 Å². The molecule has 0 amide bonds. The van der Waals surface area contributed by atoms with Gasteiger partial charge in [0, 0.05) is 18.8 Å². The van der Waals surface area contributed by atoms with Gasteiger partial charge in [0.2, 0.25) is 10.0 Å². The van der Waals surface area contributed by atoms with Gasteiger partial charge >= 0.3 is 0 Å². The summed E-state index contributed by atoms with van der Waals surface area (Å²) in [5.74, 6) is 0. The minimum atomic E-state index is -3.42. The molecule has 15 heavy (non-hydrogen) atoms. The molecular formula is C9H19NO4S. The average molecular weight is 237 g/mol. The van der Waals surface area contributed by atoms with Crippen LogP contribution >= 0.6 is 0 Å². The molecule has 1 fully saturated rings. The van der Waals surface area contributed by atoms with Crippen LogP contribution < -0.4 is 4.72 Å². The van der Waals surface area contributed by atoms with Crippen molar-refractivity contribution < 1.29 is 18.3 Å². The molecule has 6 heteroatoms. The third-order valence-electron chi connectivity index (χ3n) is 2.77. The van der Waals surface area contributed by atoms with Crippen molar-refractivity contribution in [2.75, 3.05) is 19.8 Å². The zero-order chi connectivity index (χ0) is 11.5. The van der Waals surface area contributed by atoms with Gasteiger partial charge in [0.1, 0.15) is 0 Å². The number of aliphatic hydroxyl groups excluding tert-OH is 1. The second kappa shape index (κ2) is 4.78. The molecule has 1 aliphatic rings. The van der Waals surface area contributed by atoms with Gasteiger partial charge in [-0.05, 0) is 26.7 Å². The zero-order valence-electron chi connectivity index (χ0n) is 9.19. The topological polar surface area (TPSA) is 75.6 Å². The number of rotatable bonds is 4. The summed E-state index contributed by atoms with van der Waals surface area (Å²) in [5.41, 5.74) is -0.430. The molecule has 0 saturated carbocycles. The molecule has 0 aliphatic carbocycles. The maximum absolute atomic E-state index is 11.7. The van der Waals surface area contributed by atoms with Crippen LogP contribution in [0.4, 0.5) is 0 Å². The molecule has 1 aliphatic heterocycles. The summed E-state index contributed by atoms with van der Waals surface area (Å²) in [6.07, 6.45) is 1.34. The van der Waals surface area contributed by atoms with E-state index >= 15 is 0 Å². The van der Waals surface area contributed by atoms with Gasteiger partial charge in [-0.15, -0.1) is 0 Å². The average Bonchev–Trinajstić information content (AvgIpc) is 2.16. The SMILES string of the molecule is CC(CO)S(=O)(=O)NC1(C)CCOCC1. The quantitative estimate of drug-likeness (QED) is 0.713. The molecule has 1 unspecified atom stereocenters. The van der Waals surface area contributed by atoms with Crippen LogP contribution in [0.2, 0.25) is 0 Å². The smallest absolute Gasteiger partial charge is 0.216 e. The van der Waals surface area contributed by atoms with E-state index in [1.165, 1.54) is 6.92 Å². The minimum Gasteiger partial charge on any atom is -0.395 e. The lowest BCUT2D eigenvalue weighted by molar-refractivity contribution is 0.0536. The van der Waals surface area contributed by atoms with E-state index in [4.69, 9.17) is 9.84 Å². The van der Waals surface area contributed by atoms with Crippen LogP contribution in [0.1, 0.15) is 26.7 Å². The zero-order valence-corrected chi connectivity index (χ0v) is 10.0. The Bertz CT molecular complexity index is 295. The van der Waals surface area contributed by atoms with Gasteiger partial charge in [-0.1, -0.05) is 0 Å². The van der Waals surface area contributed by atoms with Gasteiger partial charge in [-0.2, -0.15) is 0 Å². The Morgan fingerprint density at radius 1 is 1.47 bits per heavy atom. The molecule has 2 N–H and O–H groups in total. The molecule has 90 valence electrons. The Morgan fingerprint density at radius 2 is 2.00 bits per heavy atom. The van der Waals surface area contributed by atoms with Crippen LogP contribution in [0.25, 0.3) is 0 Å². The first-order valence-corrected chi connectivity index (χ1v) is 6.66. The third kappa shape index (κ3) is 3.41. The minimum absolute atomic E-state index is 0.359. The van der Waals surface area contributed by atoms with Gasteiger partial charge in [0.05, 0.1) is 11.9 Å². The highest BCUT2D eigenvalue weighted by molar-refractivity contribution is 7.90. The summed E-state index contributed by atoms with van der Waals surface area (Å²) in [5, 5.41) is 8.07. The lowest BCUT2D eigenvalue weighted by Gasteiger charge is -2.34. The molecule has 0 spiro atoms. The van der Waals surface area contributed by atoms with Crippen molar-refractivity contribution >= 4 is 10.0 Å². The molecular weight excluding hydrogens is 218 g/mol. The van der Waals surface area contributed by atoms with Crippen LogP contribution in [0.15, 0.2) is 0 Å². The van der Waals surface area contributed by atoms with E-state index in [1.54, 1.807) is 0 Å². The van der Waals surface area contributed by atoms with Crippen molar-refractivity contribution in [2.24, 2.45) is 0 Å². The summed E-state index contributed by atoms with van der Waals surface area (Å²) in [4.78, 5) is 0. The van der Waals surface area contributed by atoms with Crippen molar-refractivity contribution in [3.05, 3.63) is 0 Å². The first-order valence-electron chi connectivity index (χ1n) is 5.11. The predicted octanol–water partition coefficient (Wildman–Crippen LogP) is -0.144. The van der Waals surface area contributed by atoms with E-state index in [2.05, 4.69) is 4.72 Å². The monoisotopic (exact) mass is 237 g/mol. The number of hydrogen-bond acceptors (Lipinski definition) is 4. The van der Waals surface area contributed by atoms with Gasteiger partial charge in [0.25, 0.3) is 0 Å². The van der Waals surface area contributed by atoms with Crippen molar-refractivity contribution in [1.29, 1.82) is 0 Å². The number of sulfonamides is 1. The Labute approximate surface area is 90.9 Å². The van der Waals surface area contributed by atoms with E-state index in [0.717, 1.165) is 0 Å². The van der Waals surface area contributed by atoms with E-state index < -0.39 is 20.8 Å². The number of hydrogen-bond donors (Lipinski definition) is 2. The number of aliphatic hydroxyl groups is 1. The molecule has 0 aromatic carbocycles. The standard InChI is InChI=1S/C9H19NO4S/c1-8(7-11)15(12,13)10-9(2)3-5-14-6-4-9/h8,10-11H,3-7H2,1-2H3. The van der Waals surface area contributed by atoms with Crippen molar-refractivity contribution in [1.82, 2.24) is 4.72 Å². The third-order valence-corrected chi connectivity index (χ3v) is 4.76. The van der Waals surface area contributed by atoms with Crippen LogP contribution in [-0.2, 0) is 14.8 Å². The highest BCUT2D eigenvalue weighted by Crippen LogP contribution is 2.21. The molecule has 0 aromatic rings. The summed E-state index contributed by atoms with van der Waals surface area (Å²) in [6.45, 7) is 4.16. The Balaban J connectivity index is 2.67. The second-order valence-electron chi connectivity index (χ2n) is 4.31. The van der Waals surface area contributed by atoms with Crippen LogP contribution in [0.3, 0.4) is 0 Å². The number of nitrogens with one attached hydrogen (secondary N) is 1. The van der Waals surface area contributed by atoms with Crippen molar-refractivity contribution in [2.45, 2.75) is 37.5 Å². The maximum atomic E-state index is 11.7. The summed E-state index contributed by atoms with van der Waals surface area (Å²) in [7, 11) is -3.42. The molecule has 1 saturated heterocycles. The molecule has 0 radical (unpaired) electrons. The normalized spacial score (nSPS) is 23.7.